The van der Waals surface area contributed by atoms with Crippen LogP contribution in [0.4, 0.5) is 0 Å². The fourth-order valence-electron chi connectivity index (χ4n) is 4.10. The first-order chi connectivity index (χ1) is 12.7. The monoisotopic (exact) mass is 359 g/mol. The molecule has 1 fully saturated rings. The summed E-state index contributed by atoms with van der Waals surface area (Å²) in [5.41, 5.74) is 9.83. The Balaban J connectivity index is 1.50. The molecule has 0 aromatic carbocycles. The van der Waals surface area contributed by atoms with Gasteiger partial charge in [0.2, 0.25) is 0 Å². The number of methoxy groups -OCH3 is 1. The van der Waals surface area contributed by atoms with Crippen LogP contribution in [-0.4, -0.2) is 56.2 Å². The predicted octanol–water partition coefficient (Wildman–Crippen LogP) is 0.973. The van der Waals surface area contributed by atoms with Gasteiger partial charge in [0.15, 0.2) is 0 Å². The maximum absolute atomic E-state index is 5.98. The molecule has 1 aliphatic heterocycles. The molecule has 0 amide bonds. The van der Waals surface area contributed by atoms with Crippen LogP contribution in [0.5, 0.6) is 0 Å². The first kappa shape index (κ1) is 17.6. The summed E-state index contributed by atoms with van der Waals surface area (Å²) in [7, 11) is 1.74. The highest BCUT2D eigenvalue weighted by atomic mass is 16.5. The summed E-state index contributed by atoms with van der Waals surface area (Å²) in [5, 5.41) is 16.7. The van der Waals surface area contributed by atoms with E-state index < -0.39 is 0 Å². The van der Waals surface area contributed by atoms with Gasteiger partial charge in [-0.3, -0.25) is 10.00 Å². The number of ether oxygens (including phenoxy) is 1. The van der Waals surface area contributed by atoms with E-state index in [1.165, 1.54) is 17.0 Å². The molecule has 0 radical (unpaired) electrons. The van der Waals surface area contributed by atoms with Crippen LogP contribution >= 0.6 is 0 Å². The second-order valence-electron chi connectivity index (χ2n) is 7.49. The average molecular weight is 359 g/mol. The quantitative estimate of drug-likeness (QED) is 0.764. The summed E-state index contributed by atoms with van der Waals surface area (Å²) in [5.74, 6) is 2.55. The third kappa shape index (κ3) is 3.28. The van der Waals surface area contributed by atoms with Crippen molar-refractivity contribution in [3.63, 3.8) is 0 Å². The molecule has 142 valence electrons. The first-order valence-electron chi connectivity index (χ1n) is 9.63. The predicted molar refractivity (Wildman–Crippen MR) is 97.6 cm³/mol. The number of H-pyrrole nitrogens is 1. The van der Waals surface area contributed by atoms with Gasteiger partial charge in [0.25, 0.3) is 0 Å². The fraction of sp³-hybridized carbons (Fsp3) is 0.722. The Morgan fingerprint density at radius 2 is 2.15 bits per heavy atom. The van der Waals surface area contributed by atoms with Crippen molar-refractivity contribution >= 4 is 0 Å². The number of aryl methyl sites for hydroxylation is 1. The molecule has 0 bridgehead atoms. The third-order valence-electron chi connectivity index (χ3n) is 5.71. The lowest BCUT2D eigenvalue weighted by Crippen LogP contribution is -2.36. The number of nitrogens with two attached hydrogens (primary N) is 1. The Labute approximate surface area is 154 Å². The molecular formula is C18H29N7O. The number of hydrogen-bond acceptors (Lipinski definition) is 6. The molecule has 4 rings (SSSR count). The van der Waals surface area contributed by atoms with Crippen LogP contribution in [0.15, 0.2) is 0 Å². The van der Waals surface area contributed by atoms with Gasteiger partial charge < -0.3 is 15.0 Å². The van der Waals surface area contributed by atoms with E-state index in [1.807, 2.05) is 0 Å². The molecular weight excluding hydrogens is 330 g/mol. The van der Waals surface area contributed by atoms with Gasteiger partial charge in [-0.1, -0.05) is 6.92 Å². The molecule has 0 saturated heterocycles. The number of fused-ring (bicyclic) bond motifs is 1. The van der Waals surface area contributed by atoms with Crippen molar-refractivity contribution in [1.82, 2.24) is 29.9 Å². The minimum atomic E-state index is 0.310. The van der Waals surface area contributed by atoms with Gasteiger partial charge in [-0.15, -0.1) is 10.2 Å². The molecule has 8 heteroatoms. The Morgan fingerprint density at radius 3 is 2.88 bits per heavy atom. The van der Waals surface area contributed by atoms with Gasteiger partial charge in [-0.2, -0.15) is 5.10 Å². The maximum atomic E-state index is 5.98. The van der Waals surface area contributed by atoms with Crippen LogP contribution < -0.4 is 5.73 Å². The number of aromatic nitrogens is 5. The molecule has 0 atom stereocenters. The summed E-state index contributed by atoms with van der Waals surface area (Å²) >= 11 is 0. The van der Waals surface area contributed by atoms with Crippen molar-refractivity contribution in [2.75, 3.05) is 20.3 Å². The minimum Gasteiger partial charge on any atom is -0.383 e. The normalized spacial score (nSPS) is 23.0. The largest absolute Gasteiger partial charge is 0.383 e. The van der Waals surface area contributed by atoms with Gasteiger partial charge in [-0.25, -0.2) is 0 Å². The lowest BCUT2D eigenvalue weighted by molar-refractivity contribution is 0.179. The Morgan fingerprint density at radius 1 is 1.31 bits per heavy atom. The van der Waals surface area contributed by atoms with Crippen molar-refractivity contribution in [2.45, 2.75) is 64.2 Å². The highest BCUT2D eigenvalue weighted by Crippen LogP contribution is 2.35. The lowest BCUT2D eigenvalue weighted by atomic mass is 9.80. The molecule has 3 N–H and O–H groups in total. The van der Waals surface area contributed by atoms with Crippen molar-refractivity contribution in [2.24, 2.45) is 5.73 Å². The smallest absolute Gasteiger partial charge is 0.147 e. The highest BCUT2D eigenvalue weighted by molar-refractivity contribution is 5.27. The number of nitrogens with one attached hydrogen (secondary N) is 1. The fourth-order valence-corrected chi connectivity index (χ4v) is 4.10. The van der Waals surface area contributed by atoms with Crippen LogP contribution in [0.1, 0.15) is 54.3 Å². The maximum Gasteiger partial charge on any atom is 0.147 e. The van der Waals surface area contributed by atoms with Crippen LogP contribution in [-0.2, 0) is 37.2 Å². The molecule has 2 aromatic rings. The number of nitrogens with zero attached hydrogens (tertiary/aromatic N) is 5. The van der Waals surface area contributed by atoms with Crippen LogP contribution in [0, 0.1) is 0 Å². The molecule has 0 spiro atoms. The van der Waals surface area contributed by atoms with E-state index in [1.54, 1.807) is 7.11 Å². The summed E-state index contributed by atoms with van der Waals surface area (Å²) in [6, 6.07) is 0.310. The number of aromatic amines is 1. The van der Waals surface area contributed by atoms with Gasteiger partial charge in [0.1, 0.15) is 11.6 Å². The second-order valence-corrected chi connectivity index (χ2v) is 7.49. The second kappa shape index (κ2) is 7.46. The zero-order valence-corrected chi connectivity index (χ0v) is 15.7. The first-order valence-corrected chi connectivity index (χ1v) is 9.63. The van der Waals surface area contributed by atoms with E-state index in [0.29, 0.717) is 18.6 Å². The van der Waals surface area contributed by atoms with Crippen LogP contribution in [0.2, 0.25) is 0 Å². The molecule has 1 saturated carbocycles. The molecule has 3 heterocycles. The van der Waals surface area contributed by atoms with E-state index in [0.717, 1.165) is 63.5 Å². The number of rotatable bonds is 7. The standard InChI is InChI=1S/C18H29N7O/c1-3-15-14-10-24(5-4-16(14)21-20-15)11-17-22-23-18(12-8-13(19)9-12)25(17)6-7-26-2/h12-13H,3-11,19H2,1-2H3,(H,20,21). The van der Waals surface area contributed by atoms with E-state index in [-0.39, 0.29) is 0 Å². The topological polar surface area (TPSA) is 97.9 Å². The van der Waals surface area contributed by atoms with Crippen molar-refractivity contribution in [1.29, 1.82) is 0 Å². The van der Waals surface area contributed by atoms with Gasteiger partial charge in [-0.05, 0) is 19.3 Å². The average Bonchev–Trinajstić information content (AvgIpc) is 3.20. The Hall–Kier alpha value is -1.77. The third-order valence-corrected chi connectivity index (χ3v) is 5.71. The van der Waals surface area contributed by atoms with E-state index in [9.17, 15) is 0 Å². The van der Waals surface area contributed by atoms with Gasteiger partial charge in [0.05, 0.1) is 18.8 Å². The van der Waals surface area contributed by atoms with Gasteiger partial charge >= 0.3 is 0 Å². The molecule has 1 aliphatic carbocycles. The summed E-state index contributed by atoms with van der Waals surface area (Å²) in [4.78, 5) is 2.45. The molecule has 8 nitrogen and oxygen atoms in total. The van der Waals surface area contributed by atoms with Crippen molar-refractivity contribution < 1.29 is 4.74 Å². The summed E-state index contributed by atoms with van der Waals surface area (Å²) in [6.45, 7) is 6.37. The van der Waals surface area contributed by atoms with Gasteiger partial charge in [0, 0.05) is 56.4 Å². The zero-order chi connectivity index (χ0) is 18.1. The molecule has 0 unspecified atom stereocenters. The van der Waals surface area contributed by atoms with E-state index in [4.69, 9.17) is 10.5 Å². The lowest BCUT2D eigenvalue weighted by Gasteiger charge is -2.32. The van der Waals surface area contributed by atoms with Crippen molar-refractivity contribution in [3.8, 4) is 0 Å². The molecule has 26 heavy (non-hydrogen) atoms. The summed E-state index contributed by atoms with van der Waals surface area (Å²) < 4.78 is 7.56. The van der Waals surface area contributed by atoms with Crippen LogP contribution in [0.25, 0.3) is 0 Å². The zero-order valence-electron chi connectivity index (χ0n) is 15.7. The van der Waals surface area contributed by atoms with E-state index in [2.05, 4.69) is 36.8 Å². The SMILES string of the molecule is CCc1n[nH]c2c1CN(Cc1nnc(C3CC(N)C3)n1CCOC)CC2. The Bertz CT molecular complexity index is 733. The highest BCUT2D eigenvalue weighted by Gasteiger charge is 2.32. The number of hydrogen-bond donors (Lipinski definition) is 2. The molecule has 2 aliphatic rings. The molecule has 2 aromatic heterocycles. The van der Waals surface area contributed by atoms with E-state index >= 15 is 0 Å². The van der Waals surface area contributed by atoms with Crippen LogP contribution in [0.3, 0.4) is 0 Å². The summed E-state index contributed by atoms with van der Waals surface area (Å²) in [6.07, 6.45) is 3.99. The Kier molecular flexibility index (Phi) is 5.06. The van der Waals surface area contributed by atoms with Crippen molar-refractivity contribution in [3.05, 3.63) is 28.6 Å². The minimum absolute atomic E-state index is 0.310.